The van der Waals surface area contributed by atoms with Crippen molar-refractivity contribution in [1.29, 1.82) is 5.26 Å². The lowest BCUT2D eigenvalue weighted by Crippen LogP contribution is -2.34. The van der Waals surface area contributed by atoms with Crippen LogP contribution in [0.3, 0.4) is 0 Å². The predicted octanol–water partition coefficient (Wildman–Crippen LogP) is 4.91. The first kappa shape index (κ1) is 21.8. The van der Waals surface area contributed by atoms with Crippen LogP contribution in [0.2, 0.25) is 0 Å². The quantitative estimate of drug-likeness (QED) is 0.538. The minimum atomic E-state index is 0.418. The lowest BCUT2D eigenvalue weighted by molar-refractivity contribution is 0.0776. The van der Waals surface area contributed by atoms with Gasteiger partial charge in [0.15, 0.2) is 16.6 Å². The zero-order valence-electron chi connectivity index (χ0n) is 18.3. The van der Waals surface area contributed by atoms with Crippen LogP contribution in [0.1, 0.15) is 29.5 Å². The van der Waals surface area contributed by atoms with Gasteiger partial charge in [-0.05, 0) is 41.7 Å². The van der Waals surface area contributed by atoms with E-state index in [4.69, 9.17) is 18.9 Å². The van der Waals surface area contributed by atoms with Crippen molar-refractivity contribution in [3.63, 3.8) is 0 Å². The van der Waals surface area contributed by atoms with Gasteiger partial charge < -0.3 is 24.3 Å². The second kappa shape index (κ2) is 10.3. The van der Waals surface area contributed by atoms with E-state index in [9.17, 15) is 5.26 Å². The molecule has 33 heavy (non-hydrogen) atoms. The molecule has 2 aliphatic rings. The average molecular weight is 463 g/mol. The van der Waals surface area contributed by atoms with Gasteiger partial charge in [0, 0.05) is 36.7 Å². The summed E-state index contributed by atoms with van der Waals surface area (Å²) in [7, 11) is 0. The highest BCUT2D eigenvalue weighted by Crippen LogP contribution is 2.40. The molecule has 0 bridgehead atoms. The third-order valence-corrected chi connectivity index (χ3v) is 6.79. The summed E-state index contributed by atoms with van der Waals surface area (Å²) >= 11 is 1.44. The van der Waals surface area contributed by atoms with Crippen molar-refractivity contribution >= 4 is 11.3 Å². The molecule has 0 radical (unpaired) electrons. The van der Waals surface area contributed by atoms with E-state index in [0.717, 1.165) is 55.0 Å². The summed E-state index contributed by atoms with van der Waals surface area (Å²) in [6, 6.07) is 17.0. The molecule has 3 heterocycles. The first-order valence-corrected chi connectivity index (χ1v) is 12.1. The molecule has 0 saturated carbocycles. The van der Waals surface area contributed by atoms with Crippen LogP contribution in [0.4, 0.5) is 0 Å². The number of rotatable bonds is 7. The Bertz CT molecular complexity index is 1150. The highest BCUT2D eigenvalue weighted by molar-refractivity contribution is 7.12. The van der Waals surface area contributed by atoms with Gasteiger partial charge in [-0.3, -0.25) is 0 Å². The van der Waals surface area contributed by atoms with Crippen LogP contribution in [-0.4, -0.2) is 32.5 Å². The molecule has 7 heteroatoms. The van der Waals surface area contributed by atoms with E-state index in [1.165, 1.54) is 16.9 Å². The van der Waals surface area contributed by atoms with Gasteiger partial charge in [-0.15, -0.1) is 11.3 Å². The number of nitrogens with zero attached hydrogens (tertiary/aromatic N) is 1. The summed E-state index contributed by atoms with van der Waals surface area (Å²) in [5.41, 5.74) is 4.63. The Morgan fingerprint density at radius 3 is 2.67 bits per heavy atom. The van der Waals surface area contributed by atoms with Crippen LogP contribution in [0.15, 0.2) is 47.8 Å². The normalized spacial score (nSPS) is 15.7. The second-order valence-electron chi connectivity index (χ2n) is 8.16. The summed E-state index contributed by atoms with van der Waals surface area (Å²) in [4.78, 5) is 0. The van der Waals surface area contributed by atoms with Gasteiger partial charge in [-0.25, -0.2) is 0 Å². The van der Waals surface area contributed by atoms with Crippen molar-refractivity contribution in [2.75, 3.05) is 26.4 Å². The number of hydrogen-bond donors (Lipinski definition) is 1. The largest absolute Gasteiger partial charge is 0.486 e. The number of benzene rings is 2. The molecule has 2 aromatic carbocycles. The van der Waals surface area contributed by atoms with Gasteiger partial charge in [-0.1, -0.05) is 30.3 Å². The first-order chi connectivity index (χ1) is 16.3. The average Bonchev–Trinajstić information content (AvgIpc) is 3.30. The zero-order valence-corrected chi connectivity index (χ0v) is 19.2. The van der Waals surface area contributed by atoms with E-state index < -0.39 is 0 Å². The van der Waals surface area contributed by atoms with Gasteiger partial charge in [0.25, 0.3) is 0 Å². The molecule has 2 aliphatic heterocycles. The van der Waals surface area contributed by atoms with Crippen molar-refractivity contribution in [2.24, 2.45) is 0 Å². The Morgan fingerprint density at radius 1 is 1.00 bits per heavy atom. The minimum Gasteiger partial charge on any atom is -0.486 e. The summed E-state index contributed by atoms with van der Waals surface area (Å²) in [5.74, 6) is 1.45. The molecule has 1 fully saturated rings. The highest BCUT2D eigenvalue weighted by Gasteiger charge is 2.18. The number of thiophene rings is 1. The van der Waals surface area contributed by atoms with Crippen LogP contribution >= 0.6 is 11.3 Å². The van der Waals surface area contributed by atoms with Crippen LogP contribution < -0.4 is 19.5 Å². The highest BCUT2D eigenvalue weighted by atomic mass is 32.1. The fraction of sp³-hybridized carbons (Fsp3) is 0.346. The van der Waals surface area contributed by atoms with E-state index in [0.29, 0.717) is 42.2 Å². The Morgan fingerprint density at radius 2 is 1.82 bits per heavy atom. The van der Waals surface area contributed by atoms with Crippen molar-refractivity contribution in [3.8, 4) is 33.8 Å². The van der Waals surface area contributed by atoms with Crippen molar-refractivity contribution in [3.05, 3.63) is 64.5 Å². The Hall–Kier alpha value is -3.05. The third kappa shape index (κ3) is 5.14. The third-order valence-electron chi connectivity index (χ3n) is 5.90. The number of nitrogens with one attached hydrogen (secondary N) is 1. The van der Waals surface area contributed by atoms with E-state index in [-0.39, 0.29) is 0 Å². The topological polar surface area (TPSA) is 72.7 Å². The molecular formula is C26H26N2O4S. The fourth-order valence-electron chi connectivity index (χ4n) is 4.12. The summed E-state index contributed by atoms with van der Waals surface area (Å²) in [5, 5.41) is 16.0. The Kier molecular flexibility index (Phi) is 6.77. The molecule has 1 aromatic heterocycles. The maximum atomic E-state index is 9.83. The molecule has 170 valence electrons. The molecule has 0 unspecified atom stereocenters. The van der Waals surface area contributed by atoms with Gasteiger partial charge in [0.05, 0.1) is 0 Å². The lowest BCUT2D eigenvalue weighted by Gasteiger charge is -2.23. The van der Waals surface area contributed by atoms with E-state index in [2.05, 4.69) is 35.7 Å². The van der Waals surface area contributed by atoms with Gasteiger partial charge in [0.2, 0.25) is 0 Å². The second-order valence-corrected chi connectivity index (χ2v) is 9.00. The number of nitriles is 1. The molecule has 5 rings (SSSR count). The van der Waals surface area contributed by atoms with Crippen LogP contribution in [-0.2, 0) is 17.9 Å². The number of ether oxygens (including phenoxy) is 4. The molecule has 0 amide bonds. The summed E-state index contributed by atoms with van der Waals surface area (Å²) in [6.07, 6.45) is 2.12. The SMILES string of the molecule is N#Cc1c(-c2ccc3c(c2)OCCO3)csc1OCc1cccc(CNC2CCOCC2)c1. The summed E-state index contributed by atoms with van der Waals surface area (Å²) < 4.78 is 22.8. The zero-order chi connectivity index (χ0) is 22.5. The van der Waals surface area contributed by atoms with Gasteiger partial charge >= 0.3 is 0 Å². The molecule has 3 aromatic rings. The molecule has 0 atom stereocenters. The lowest BCUT2D eigenvalue weighted by atomic mass is 10.0. The maximum absolute atomic E-state index is 9.83. The molecule has 1 N–H and O–H groups in total. The predicted molar refractivity (Wildman–Crippen MR) is 127 cm³/mol. The first-order valence-electron chi connectivity index (χ1n) is 11.2. The van der Waals surface area contributed by atoms with Crippen molar-refractivity contribution in [1.82, 2.24) is 5.32 Å². The van der Waals surface area contributed by atoms with Crippen molar-refractivity contribution in [2.45, 2.75) is 32.0 Å². The van der Waals surface area contributed by atoms with Crippen LogP contribution in [0, 0.1) is 11.3 Å². The van der Waals surface area contributed by atoms with Gasteiger partial charge in [-0.2, -0.15) is 5.26 Å². The molecule has 6 nitrogen and oxygen atoms in total. The molecule has 0 spiro atoms. The standard InChI is InChI=1S/C26H26N2O4S/c27-14-22-23(20-4-5-24-25(13-20)31-11-10-30-24)17-33-26(22)32-16-19-3-1-2-18(12-19)15-28-21-6-8-29-9-7-21/h1-5,12-13,17,21,28H,6-11,15-16H2. The summed E-state index contributed by atoms with van der Waals surface area (Å²) in [6.45, 7) is 4.00. The fourth-order valence-corrected chi connectivity index (χ4v) is 5.00. The van der Waals surface area contributed by atoms with E-state index in [1.807, 2.05) is 23.6 Å². The monoisotopic (exact) mass is 462 g/mol. The molecular weight excluding hydrogens is 436 g/mol. The van der Waals surface area contributed by atoms with E-state index >= 15 is 0 Å². The minimum absolute atomic E-state index is 0.418. The van der Waals surface area contributed by atoms with Crippen molar-refractivity contribution < 1.29 is 18.9 Å². The van der Waals surface area contributed by atoms with Crippen LogP contribution in [0.5, 0.6) is 16.6 Å². The Labute approximate surface area is 197 Å². The molecule has 0 aliphatic carbocycles. The van der Waals surface area contributed by atoms with Gasteiger partial charge in [0.1, 0.15) is 31.5 Å². The molecule has 1 saturated heterocycles. The number of hydrogen-bond acceptors (Lipinski definition) is 7. The maximum Gasteiger partial charge on any atom is 0.192 e. The van der Waals surface area contributed by atoms with E-state index in [1.54, 1.807) is 0 Å². The number of fused-ring (bicyclic) bond motifs is 1. The Balaban J connectivity index is 1.25. The van der Waals surface area contributed by atoms with Crippen LogP contribution in [0.25, 0.3) is 11.1 Å². The smallest absolute Gasteiger partial charge is 0.192 e.